The van der Waals surface area contributed by atoms with Gasteiger partial charge in [-0.1, -0.05) is 12.5 Å². The molecule has 1 aromatic rings. The van der Waals surface area contributed by atoms with E-state index in [1.807, 2.05) is 0 Å². The summed E-state index contributed by atoms with van der Waals surface area (Å²) < 4.78 is 40.4. The number of carbonyl (C=O) groups is 1. The third kappa shape index (κ3) is 3.79. The van der Waals surface area contributed by atoms with Crippen LogP contribution in [0.3, 0.4) is 0 Å². The van der Waals surface area contributed by atoms with Gasteiger partial charge in [0.05, 0.1) is 10.8 Å². The average Bonchev–Trinajstić information content (AvgIpc) is 2.41. The molecule has 2 N–H and O–H groups in total. The van der Waals surface area contributed by atoms with Crippen molar-refractivity contribution >= 4 is 16.0 Å². The SMILES string of the molecule is Cc1ccc(S(=O)(=O)NC2CCCC(C(=O)O)C2)cc1F. The first-order valence-corrected chi connectivity index (χ1v) is 8.29. The lowest BCUT2D eigenvalue weighted by molar-refractivity contribution is -0.143. The maximum Gasteiger partial charge on any atom is 0.306 e. The van der Waals surface area contributed by atoms with Crippen LogP contribution < -0.4 is 4.72 Å². The Morgan fingerprint density at radius 1 is 1.38 bits per heavy atom. The van der Waals surface area contributed by atoms with Gasteiger partial charge in [-0.05, 0) is 43.9 Å². The average molecular weight is 315 g/mol. The summed E-state index contributed by atoms with van der Waals surface area (Å²) in [6, 6.07) is 3.31. The highest BCUT2D eigenvalue weighted by atomic mass is 32.2. The van der Waals surface area contributed by atoms with E-state index in [2.05, 4.69) is 4.72 Å². The van der Waals surface area contributed by atoms with E-state index >= 15 is 0 Å². The van der Waals surface area contributed by atoms with Crippen molar-refractivity contribution in [2.45, 2.75) is 43.5 Å². The fourth-order valence-electron chi connectivity index (χ4n) is 2.55. The number of sulfonamides is 1. The van der Waals surface area contributed by atoms with E-state index in [0.717, 1.165) is 6.07 Å². The van der Waals surface area contributed by atoms with Gasteiger partial charge in [-0.3, -0.25) is 4.79 Å². The summed E-state index contributed by atoms with van der Waals surface area (Å²) in [6.45, 7) is 1.55. The smallest absolute Gasteiger partial charge is 0.306 e. The van der Waals surface area contributed by atoms with E-state index in [9.17, 15) is 17.6 Å². The Balaban J connectivity index is 2.13. The second kappa shape index (κ2) is 6.11. The number of aliphatic carboxylic acids is 1. The number of benzene rings is 1. The minimum atomic E-state index is -3.83. The van der Waals surface area contributed by atoms with Crippen molar-refractivity contribution in [3.63, 3.8) is 0 Å². The number of hydrogen-bond donors (Lipinski definition) is 2. The van der Waals surface area contributed by atoms with Gasteiger partial charge in [-0.25, -0.2) is 17.5 Å². The Bertz CT molecular complexity index is 644. The first-order valence-electron chi connectivity index (χ1n) is 6.81. The summed E-state index contributed by atoms with van der Waals surface area (Å²) in [5.41, 5.74) is 0.373. The summed E-state index contributed by atoms with van der Waals surface area (Å²) >= 11 is 0. The zero-order valence-corrected chi connectivity index (χ0v) is 12.5. The summed E-state index contributed by atoms with van der Waals surface area (Å²) in [6.07, 6.45) is 2.08. The maximum absolute atomic E-state index is 13.5. The van der Waals surface area contributed by atoms with Crippen LogP contribution in [0.25, 0.3) is 0 Å². The molecule has 0 bridgehead atoms. The van der Waals surface area contributed by atoms with Gasteiger partial charge in [-0.15, -0.1) is 0 Å². The second-order valence-electron chi connectivity index (χ2n) is 5.43. The topological polar surface area (TPSA) is 83.5 Å². The second-order valence-corrected chi connectivity index (χ2v) is 7.14. The molecule has 0 saturated heterocycles. The highest BCUT2D eigenvalue weighted by molar-refractivity contribution is 7.89. The molecule has 2 rings (SSSR count). The van der Waals surface area contributed by atoms with E-state index in [1.165, 1.54) is 12.1 Å². The Hall–Kier alpha value is -1.47. The van der Waals surface area contributed by atoms with Gasteiger partial charge >= 0.3 is 5.97 Å². The number of aryl methyl sites for hydroxylation is 1. The molecule has 0 aromatic heterocycles. The zero-order chi connectivity index (χ0) is 15.6. The van der Waals surface area contributed by atoms with Crippen LogP contribution in [0.15, 0.2) is 23.1 Å². The van der Waals surface area contributed by atoms with Crippen LogP contribution >= 0.6 is 0 Å². The highest BCUT2D eigenvalue weighted by Crippen LogP contribution is 2.26. The van der Waals surface area contributed by atoms with Crippen molar-refractivity contribution in [3.8, 4) is 0 Å². The lowest BCUT2D eigenvalue weighted by atomic mass is 9.86. The van der Waals surface area contributed by atoms with Crippen LogP contribution in [0.1, 0.15) is 31.2 Å². The van der Waals surface area contributed by atoms with Gasteiger partial charge in [-0.2, -0.15) is 0 Å². The lowest BCUT2D eigenvalue weighted by Gasteiger charge is -2.27. The molecule has 116 valence electrons. The van der Waals surface area contributed by atoms with Crippen LogP contribution in [0.5, 0.6) is 0 Å². The predicted octanol–water partition coefficient (Wildman–Crippen LogP) is 2.06. The fraction of sp³-hybridized carbons (Fsp3) is 0.500. The van der Waals surface area contributed by atoms with Crippen LogP contribution in [0, 0.1) is 18.7 Å². The largest absolute Gasteiger partial charge is 0.481 e. The monoisotopic (exact) mass is 315 g/mol. The van der Waals surface area contributed by atoms with Gasteiger partial charge in [0.1, 0.15) is 5.82 Å². The van der Waals surface area contributed by atoms with Crippen molar-refractivity contribution < 1.29 is 22.7 Å². The molecule has 2 unspecified atom stereocenters. The zero-order valence-electron chi connectivity index (χ0n) is 11.7. The molecule has 1 aromatic carbocycles. The number of rotatable bonds is 4. The minimum Gasteiger partial charge on any atom is -0.481 e. The highest BCUT2D eigenvalue weighted by Gasteiger charge is 2.30. The van der Waals surface area contributed by atoms with E-state index in [1.54, 1.807) is 6.92 Å². The normalized spacial score (nSPS) is 23.0. The Labute approximate surface area is 123 Å². The Kier molecular flexibility index (Phi) is 4.63. The maximum atomic E-state index is 13.5. The van der Waals surface area contributed by atoms with E-state index < -0.39 is 33.8 Å². The summed E-state index contributed by atoms with van der Waals surface area (Å²) in [7, 11) is -3.83. The van der Waals surface area contributed by atoms with E-state index in [0.29, 0.717) is 24.8 Å². The molecule has 0 spiro atoms. The molecule has 1 aliphatic rings. The summed E-state index contributed by atoms with van der Waals surface area (Å²) in [5.74, 6) is -2.01. The van der Waals surface area contributed by atoms with Crippen LogP contribution in [-0.4, -0.2) is 25.5 Å². The van der Waals surface area contributed by atoms with Crippen molar-refractivity contribution in [2.75, 3.05) is 0 Å². The summed E-state index contributed by atoms with van der Waals surface area (Å²) in [5, 5.41) is 9.01. The quantitative estimate of drug-likeness (QED) is 0.891. The number of carboxylic acid groups (broad SMARTS) is 1. The van der Waals surface area contributed by atoms with Gasteiger partial charge < -0.3 is 5.11 Å². The van der Waals surface area contributed by atoms with Crippen LogP contribution in [-0.2, 0) is 14.8 Å². The molecular weight excluding hydrogens is 297 g/mol. The molecular formula is C14H18FNO4S. The third-order valence-corrected chi connectivity index (χ3v) is 5.32. The molecule has 5 nitrogen and oxygen atoms in total. The first kappa shape index (κ1) is 15.9. The van der Waals surface area contributed by atoms with Crippen molar-refractivity contribution in [3.05, 3.63) is 29.6 Å². The minimum absolute atomic E-state index is 0.136. The van der Waals surface area contributed by atoms with Crippen molar-refractivity contribution in [1.82, 2.24) is 4.72 Å². The molecule has 1 fully saturated rings. The Morgan fingerprint density at radius 3 is 2.71 bits per heavy atom. The number of halogens is 1. The predicted molar refractivity (Wildman–Crippen MR) is 74.8 cm³/mol. The molecule has 2 atom stereocenters. The molecule has 21 heavy (non-hydrogen) atoms. The van der Waals surface area contributed by atoms with Crippen LogP contribution in [0.4, 0.5) is 4.39 Å². The van der Waals surface area contributed by atoms with Gasteiger partial charge in [0.25, 0.3) is 0 Å². The summed E-state index contributed by atoms with van der Waals surface area (Å²) in [4.78, 5) is 10.9. The van der Waals surface area contributed by atoms with Crippen LogP contribution in [0.2, 0.25) is 0 Å². The standard InChI is InChI=1S/C14H18FNO4S/c1-9-5-6-12(8-13(9)15)21(19,20)16-11-4-2-3-10(7-11)14(17)18/h5-6,8,10-11,16H,2-4,7H2,1H3,(H,17,18). The molecule has 7 heteroatoms. The van der Waals surface area contributed by atoms with Crippen molar-refractivity contribution in [1.29, 1.82) is 0 Å². The molecule has 0 heterocycles. The molecule has 0 aliphatic heterocycles. The Morgan fingerprint density at radius 2 is 2.10 bits per heavy atom. The number of hydrogen-bond acceptors (Lipinski definition) is 3. The lowest BCUT2D eigenvalue weighted by Crippen LogP contribution is -2.39. The van der Waals surface area contributed by atoms with Crippen molar-refractivity contribution in [2.24, 2.45) is 5.92 Å². The third-order valence-electron chi connectivity index (χ3n) is 3.80. The number of nitrogens with one attached hydrogen (secondary N) is 1. The molecule has 0 radical (unpaired) electrons. The molecule has 1 aliphatic carbocycles. The fourth-order valence-corrected chi connectivity index (χ4v) is 3.84. The van der Waals surface area contributed by atoms with Gasteiger partial charge in [0.15, 0.2) is 0 Å². The number of carboxylic acids is 1. The first-order chi connectivity index (χ1) is 9.79. The van der Waals surface area contributed by atoms with Gasteiger partial charge in [0, 0.05) is 6.04 Å². The molecule has 1 saturated carbocycles. The van der Waals surface area contributed by atoms with Gasteiger partial charge in [0.2, 0.25) is 10.0 Å². The molecule has 0 amide bonds. The van der Waals surface area contributed by atoms with E-state index in [4.69, 9.17) is 5.11 Å². The van der Waals surface area contributed by atoms with E-state index in [-0.39, 0.29) is 11.3 Å².